The second-order valence-electron chi connectivity index (χ2n) is 8.95. The molecule has 0 bridgehead atoms. The number of rotatable bonds is 13. The third-order valence-corrected chi connectivity index (χ3v) is 6.26. The highest BCUT2D eigenvalue weighted by Gasteiger charge is 2.15. The molecule has 3 aromatic rings. The highest BCUT2D eigenvalue weighted by Crippen LogP contribution is 2.25. The lowest BCUT2D eigenvalue weighted by atomic mass is 10.0. The zero-order chi connectivity index (χ0) is 24.3. The van der Waals surface area contributed by atoms with Crippen LogP contribution in [-0.2, 0) is 13.0 Å². The largest absolute Gasteiger partial charge is 0.478 e. The van der Waals surface area contributed by atoms with Crippen molar-refractivity contribution in [3.63, 3.8) is 0 Å². The van der Waals surface area contributed by atoms with Gasteiger partial charge in [-0.2, -0.15) is 0 Å². The minimum Gasteiger partial charge on any atom is -0.478 e. The van der Waals surface area contributed by atoms with Gasteiger partial charge in [0.1, 0.15) is 5.82 Å². The number of carboxylic acid groups (broad SMARTS) is 1. The van der Waals surface area contributed by atoms with Crippen LogP contribution in [0.2, 0.25) is 0 Å². The highest BCUT2D eigenvalue weighted by molar-refractivity contribution is 5.89. The van der Waals surface area contributed by atoms with E-state index in [0.29, 0.717) is 6.54 Å². The van der Waals surface area contributed by atoms with Crippen LogP contribution in [0, 0.1) is 5.82 Å². The summed E-state index contributed by atoms with van der Waals surface area (Å²) in [5.74, 6) is -1.94. The molecule has 34 heavy (non-hydrogen) atoms. The summed E-state index contributed by atoms with van der Waals surface area (Å²) >= 11 is 0. The van der Waals surface area contributed by atoms with E-state index in [0.717, 1.165) is 43.5 Å². The van der Waals surface area contributed by atoms with Crippen molar-refractivity contribution in [3.8, 4) is 11.1 Å². The van der Waals surface area contributed by atoms with Crippen molar-refractivity contribution in [2.45, 2.75) is 65.3 Å². The second kappa shape index (κ2) is 12.9. The number of halogens is 1. The van der Waals surface area contributed by atoms with E-state index in [9.17, 15) is 14.3 Å². The summed E-state index contributed by atoms with van der Waals surface area (Å²) < 4.78 is 14.0. The van der Waals surface area contributed by atoms with Crippen LogP contribution in [0.4, 0.5) is 10.1 Å². The van der Waals surface area contributed by atoms with E-state index >= 15 is 0 Å². The normalized spacial score (nSPS) is 10.9. The Morgan fingerprint density at radius 2 is 1.41 bits per heavy atom. The van der Waals surface area contributed by atoms with Gasteiger partial charge >= 0.3 is 5.97 Å². The van der Waals surface area contributed by atoms with E-state index in [-0.39, 0.29) is 5.56 Å². The van der Waals surface area contributed by atoms with Gasteiger partial charge in [0.2, 0.25) is 0 Å². The average Bonchev–Trinajstić information content (AvgIpc) is 2.85. The first-order valence-electron chi connectivity index (χ1n) is 12.5. The number of benzene rings is 3. The van der Waals surface area contributed by atoms with Crippen LogP contribution in [0.3, 0.4) is 0 Å². The van der Waals surface area contributed by atoms with Crippen molar-refractivity contribution >= 4 is 11.7 Å². The van der Waals surface area contributed by atoms with Crippen molar-refractivity contribution in [2.24, 2.45) is 0 Å². The number of aromatic carboxylic acids is 1. The standard InChI is InChI=1S/C30H36FNO2/c1-3-5-7-8-20-32(27-18-19-29(31)28(21-27)30(33)34)22-24-12-16-26(17-13-24)25-14-10-23(11-15-25)9-6-4-2/h10-19,21H,3-9,20,22H2,1-2H3,(H,33,34). The van der Waals surface area contributed by atoms with E-state index in [1.54, 1.807) is 6.07 Å². The van der Waals surface area contributed by atoms with Crippen LogP contribution in [0.1, 0.15) is 73.9 Å². The van der Waals surface area contributed by atoms with E-state index < -0.39 is 11.8 Å². The summed E-state index contributed by atoms with van der Waals surface area (Å²) in [6, 6.07) is 21.7. The SMILES string of the molecule is CCCCCCN(Cc1ccc(-c2ccc(CCCC)cc2)cc1)c1ccc(F)c(C(=O)O)c1. The molecule has 0 unspecified atom stereocenters. The summed E-state index contributed by atoms with van der Waals surface area (Å²) in [6.45, 7) is 5.83. The number of nitrogens with zero attached hydrogens (tertiary/aromatic N) is 1. The molecule has 0 aliphatic carbocycles. The molecule has 0 fully saturated rings. The van der Waals surface area contributed by atoms with Crippen LogP contribution >= 0.6 is 0 Å². The topological polar surface area (TPSA) is 40.5 Å². The first-order chi connectivity index (χ1) is 16.5. The van der Waals surface area contributed by atoms with Crippen molar-refractivity contribution in [2.75, 3.05) is 11.4 Å². The maximum Gasteiger partial charge on any atom is 0.338 e. The third-order valence-electron chi connectivity index (χ3n) is 6.26. The minimum atomic E-state index is -1.24. The molecule has 1 N–H and O–H groups in total. The van der Waals surface area contributed by atoms with E-state index in [1.165, 1.54) is 48.1 Å². The fourth-order valence-electron chi connectivity index (χ4n) is 4.17. The molecule has 0 heterocycles. The Morgan fingerprint density at radius 1 is 0.794 bits per heavy atom. The van der Waals surface area contributed by atoms with E-state index in [4.69, 9.17) is 0 Å². The molecule has 4 heteroatoms. The number of carbonyl (C=O) groups is 1. The van der Waals surface area contributed by atoms with Gasteiger partial charge in [0.25, 0.3) is 0 Å². The number of hydrogen-bond acceptors (Lipinski definition) is 2. The van der Waals surface area contributed by atoms with Gasteiger partial charge in [-0.3, -0.25) is 0 Å². The molecule has 180 valence electrons. The molecule has 0 saturated heterocycles. The van der Waals surface area contributed by atoms with Crippen molar-refractivity contribution in [1.29, 1.82) is 0 Å². The first-order valence-corrected chi connectivity index (χ1v) is 12.5. The fourth-order valence-corrected chi connectivity index (χ4v) is 4.17. The summed E-state index contributed by atoms with van der Waals surface area (Å²) in [7, 11) is 0. The van der Waals surface area contributed by atoms with Crippen LogP contribution < -0.4 is 4.90 Å². The molecule has 0 aliphatic rings. The molecule has 0 spiro atoms. The van der Waals surface area contributed by atoms with Crippen molar-refractivity contribution in [3.05, 3.63) is 89.2 Å². The summed E-state index contributed by atoms with van der Waals surface area (Å²) in [5, 5.41) is 9.35. The van der Waals surface area contributed by atoms with Crippen LogP contribution in [0.15, 0.2) is 66.7 Å². The third kappa shape index (κ3) is 7.18. The highest BCUT2D eigenvalue weighted by atomic mass is 19.1. The van der Waals surface area contributed by atoms with Crippen molar-refractivity contribution < 1.29 is 14.3 Å². The Balaban J connectivity index is 1.75. The van der Waals surface area contributed by atoms with Crippen LogP contribution in [0.5, 0.6) is 0 Å². The Bertz CT molecular complexity index is 1040. The molecule has 0 aromatic heterocycles. The predicted octanol–water partition coefficient (Wildman–Crippen LogP) is 8.12. The maximum atomic E-state index is 14.0. The summed E-state index contributed by atoms with van der Waals surface area (Å²) in [4.78, 5) is 13.6. The molecule has 0 atom stereocenters. The number of anilines is 1. The molecule has 3 aromatic carbocycles. The van der Waals surface area contributed by atoms with Gasteiger partial charge in [0, 0.05) is 18.8 Å². The molecule has 0 saturated carbocycles. The first kappa shape index (κ1) is 25.5. The second-order valence-corrected chi connectivity index (χ2v) is 8.95. The van der Waals surface area contributed by atoms with Gasteiger partial charge in [-0.25, -0.2) is 9.18 Å². The zero-order valence-electron chi connectivity index (χ0n) is 20.4. The summed E-state index contributed by atoms with van der Waals surface area (Å²) in [6.07, 6.45) is 7.99. The Kier molecular flexibility index (Phi) is 9.69. The quantitative estimate of drug-likeness (QED) is 0.261. The van der Waals surface area contributed by atoms with Crippen LogP contribution in [0.25, 0.3) is 11.1 Å². The Hall–Kier alpha value is -3.14. The fraction of sp³-hybridized carbons (Fsp3) is 0.367. The molecule has 0 amide bonds. The minimum absolute atomic E-state index is 0.284. The van der Waals surface area contributed by atoms with Crippen molar-refractivity contribution in [1.82, 2.24) is 0 Å². The lowest BCUT2D eigenvalue weighted by Gasteiger charge is -2.26. The Morgan fingerprint density at radius 3 is 2.00 bits per heavy atom. The number of aryl methyl sites for hydroxylation is 1. The molecular formula is C30H36FNO2. The van der Waals surface area contributed by atoms with Gasteiger partial charge in [0.15, 0.2) is 0 Å². The Labute approximate surface area is 203 Å². The van der Waals surface area contributed by atoms with Gasteiger partial charge in [0.05, 0.1) is 5.56 Å². The van der Waals surface area contributed by atoms with E-state index in [2.05, 4.69) is 67.3 Å². The lowest BCUT2D eigenvalue weighted by molar-refractivity contribution is 0.0692. The number of unbranched alkanes of at least 4 members (excludes halogenated alkanes) is 4. The van der Waals surface area contributed by atoms with Gasteiger partial charge in [-0.05, 0) is 59.7 Å². The predicted molar refractivity (Wildman–Crippen MR) is 139 cm³/mol. The molecule has 0 aliphatic heterocycles. The monoisotopic (exact) mass is 461 g/mol. The zero-order valence-corrected chi connectivity index (χ0v) is 20.4. The molecule has 3 rings (SSSR count). The number of carboxylic acids is 1. The molecule has 3 nitrogen and oxygen atoms in total. The van der Waals surface area contributed by atoms with Gasteiger partial charge in [-0.15, -0.1) is 0 Å². The number of hydrogen-bond donors (Lipinski definition) is 1. The molecule has 0 radical (unpaired) electrons. The molecular weight excluding hydrogens is 425 g/mol. The maximum absolute atomic E-state index is 14.0. The van der Waals surface area contributed by atoms with Gasteiger partial charge < -0.3 is 10.0 Å². The average molecular weight is 462 g/mol. The summed E-state index contributed by atoms with van der Waals surface area (Å²) in [5.41, 5.74) is 5.35. The van der Waals surface area contributed by atoms with Gasteiger partial charge in [-0.1, -0.05) is 88.1 Å². The van der Waals surface area contributed by atoms with E-state index in [1.807, 2.05) is 0 Å². The smallest absolute Gasteiger partial charge is 0.338 e. The lowest BCUT2D eigenvalue weighted by Crippen LogP contribution is -2.24. The van der Waals surface area contributed by atoms with Crippen LogP contribution in [-0.4, -0.2) is 17.6 Å².